The Labute approximate surface area is 619 Å². The summed E-state index contributed by atoms with van der Waals surface area (Å²) in [6.45, 7) is 0. The van der Waals surface area contributed by atoms with Crippen molar-refractivity contribution in [3.05, 3.63) is 309 Å². The molecule has 10 nitrogen and oxygen atoms in total. The first-order valence-electron chi connectivity index (χ1n) is 37.1. The predicted octanol–water partition coefficient (Wildman–Crippen LogP) is 25.9. The molecule has 0 amide bonds. The molecule has 0 radical (unpaired) electrons. The van der Waals surface area contributed by atoms with Crippen LogP contribution in [0.1, 0.15) is 0 Å². The van der Waals surface area contributed by atoms with Crippen LogP contribution in [0.25, 0.3) is 256 Å². The third-order valence-corrected chi connectivity index (χ3v) is 25.3. The van der Waals surface area contributed by atoms with Gasteiger partial charge in [-0.1, -0.05) is 224 Å². The minimum absolute atomic E-state index is 0.566. The van der Waals surface area contributed by atoms with Gasteiger partial charge in [-0.25, -0.2) is 15.0 Å². The molecule has 11 heteroatoms. The molecular weight excluding hydrogens is 1350 g/mol. The number of hydrogen-bond acceptors (Lipinski definition) is 6. The van der Waals surface area contributed by atoms with E-state index in [0.29, 0.717) is 23.2 Å². The van der Waals surface area contributed by atoms with E-state index in [-0.39, 0.29) is 0 Å². The van der Waals surface area contributed by atoms with Crippen LogP contribution in [0.2, 0.25) is 0 Å². The van der Waals surface area contributed by atoms with Crippen LogP contribution in [0.3, 0.4) is 0 Å². The Balaban J connectivity index is 0.730. The first-order chi connectivity index (χ1) is 54.1. The molecule has 0 aliphatic carbocycles. The highest BCUT2D eigenvalue weighted by atomic mass is 32.1. The quantitative estimate of drug-likeness (QED) is 0.171. The summed E-state index contributed by atoms with van der Waals surface area (Å²) in [4.78, 5) is 23.0. The third-order valence-electron chi connectivity index (χ3n) is 24.1. The van der Waals surface area contributed by atoms with Crippen LogP contribution >= 0.6 is 11.3 Å². The fourth-order valence-corrected chi connectivity index (χ4v) is 20.7. The van der Waals surface area contributed by atoms with Crippen LogP contribution in [0, 0.1) is 0 Å². The Morgan fingerprint density at radius 2 is 0.734 bits per heavy atom. The summed E-state index contributed by atoms with van der Waals surface area (Å²) in [5.74, 6) is 2.76. The number of nitrogens with zero attached hydrogens (tertiary/aromatic N) is 9. The van der Waals surface area contributed by atoms with Crippen molar-refractivity contribution in [1.29, 1.82) is 0 Å². The van der Waals surface area contributed by atoms with Crippen molar-refractivity contribution in [3.63, 3.8) is 0 Å². The number of rotatable bonds is 5. The average molecular weight is 1400 g/mol. The van der Waals surface area contributed by atoms with Gasteiger partial charge in [-0.05, 0) is 118 Å². The molecule has 0 bridgehead atoms. The lowest BCUT2D eigenvalue weighted by Crippen LogP contribution is -2.06. The van der Waals surface area contributed by atoms with Gasteiger partial charge in [-0.2, -0.15) is 4.98 Å². The van der Waals surface area contributed by atoms with Crippen molar-refractivity contribution < 1.29 is 4.42 Å². The van der Waals surface area contributed by atoms with Crippen LogP contribution in [-0.4, -0.2) is 42.4 Å². The first-order valence-corrected chi connectivity index (χ1v) is 37.9. The van der Waals surface area contributed by atoms with Crippen LogP contribution in [0.4, 0.5) is 0 Å². The van der Waals surface area contributed by atoms with Gasteiger partial charge in [0, 0.05) is 107 Å². The number of thiophene rings is 1. The third kappa shape index (κ3) is 7.21. The van der Waals surface area contributed by atoms with E-state index in [1.807, 2.05) is 12.1 Å². The Bertz CT molecular complexity index is 8790. The lowest BCUT2D eigenvalue weighted by molar-refractivity contribution is 0.661. The number of furan rings is 1. The first kappa shape index (κ1) is 56.9. The van der Waals surface area contributed by atoms with Gasteiger partial charge in [0.05, 0.1) is 76.4 Å². The molecule has 11 heterocycles. The molecule has 0 aliphatic rings. The summed E-state index contributed by atoms with van der Waals surface area (Å²) in [5, 5.41) is 25.7. The molecule has 0 saturated carbocycles. The van der Waals surface area contributed by atoms with Crippen LogP contribution in [0.15, 0.2) is 314 Å². The van der Waals surface area contributed by atoms with E-state index in [4.69, 9.17) is 24.4 Å². The Morgan fingerprint density at radius 3 is 1.38 bits per heavy atom. The molecule has 0 fully saturated rings. The zero-order chi connectivity index (χ0) is 70.3. The Morgan fingerprint density at radius 1 is 0.257 bits per heavy atom. The molecule has 0 spiro atoms. The fraction of sp³-hybridized carbons (Fsp3) is 0. The van der Waals surface area contributed by atoms with Gasteiger partial charge in [-0.15, -0.1) is 11.3 Å². The highest BCUT2D eigenvalue weighted by Gasteiger charge is 2.32. The second-order valence-corrected chi connectivity index (χ2v) is 30.5. The fourth-order valence-electron chi connectivity index (χ4n) is 19.6. The van der Waals surface area contributed by atoms with Gasteiger partial charge in [0.25, 0.3) is 0 Å². The molecule has 109 heavy (non-hydrogen) atoms. The van der Waals surface area contributed by atoms with Crippen molar-refractivity contribution in [2.75, 3.05) is 0 Å². The molecule has 0 saturated heterocycles. The summed E-state index contributed by atoms with van der Waals surface area (Å²) in [7, 11) is 0. The highest BCUT2D eigenvalue weighted by molar-refractivity contribution is 7.26. The monoisotopic (exact) mass is 1400 g/mol. The second kappa shape index (κ2) is 20.3. The molecule has 27 aromatic rings. The predicted molar refractivity (Wildman–Crippen MR) is 454 cm³/mol. The largest absolute Gasteiger partial charge is 0.450 e. The van der Waals surface area contributed by atoms with E-state index in [2.05, 4.69) is 320 Å². The average Bonchev–Trinajstić information content (AvgIpc) is 1.50. The van der Waals surface area contributed by atoms with Gasteiger partial charge >= 0.3 is 0 Å². The number of benzene rings is 16. The molecular formula is C98H51N9OS. The Kier molecular flexibility index (Phi) is 10.6. The normalized spacial score (nSPS) is 12.8. The van der Waals surface area contributed by atoms with E-state index >= 15 is 0 Å². The number of para-hydroxylation sites is 6. The SMILES string of the molecule is c1ccc2cc(-c3nc(-n4c5ccccc5c5c6c7ccccc7n7c8c9ccccc9ccc8c(cc54)c67)c4sc5ccc(-c6ccc7c(c6)c6c8c9ccccc9n(-c9nc(-n%10c%11ccccc%11c%11ccccc%11%10)nc%10c9oc9ccccc9%10)c8cc8c9ccc%10ccccc%10c9n7c86)cc5c4n3)ccc2c1. The van der Waals surface area contributed by atoms with Crippen LogP contribution < -0.4 is 0 Å². The van der Waals surface area contributed by atoms with Crippen LogP contribution in [0.5, 0.6) is 0 Å². The summed E-state index contributed by atoms with van der Waals surface area (Å²) in [5.41, 5.74) is 19.7. The zero-order valence-electron chi connectivity index (χ0n) is 57.8. The van der Waals surface area contributed by atoms with E-state index < -0.39 is 0 Å². The van der Waals surface area contributed by atoms with Gasteiger partial charge in [-0.3, -0.25) is 13.7 Å². The van der Waals surface area contributed by atoms with Gasteiger partial charge < -0.3 is 13.2 Å². The summed E-state index contributed by atoms with van der Waals surface area (Å²) < 4.78 is 21.4. The zero-order valence-corrected chi connectivity index (χ0v) is 58.6. The lowest BCUT2D eigenvalue weighted by Gasteiger charge is -2.12. The molecule has 11 aromatic heterocycles. The number of hydrogen-bond donors (Lipinski definition) is 0. The molecule has 0 aliphatic heterocycles. The molecule has 16 aromatic carbocycles. The summed E-state index contributed by atoms with van der Waals surface area (Å²) >= 11 is 1.78. The topological polar surface area (TPSA) is 88.3 Å². The van der Waals surface area contributed by atoms with Gasteiger partial charge in [0.1, 0.15) is 11.1 Å². The maximum absolute atomic E-state index is 7.07. The minimum atomic E-state index is 0.566. The molecule has 0 atom stereocenters. The Hall–Kier alpha value is -14.5. The van der Waals surface area contributed by atoms with E-state index in [1.54, 1.807) is 11.3 Å². The van der Waals surface area contributed by atoms with Gasteiger partial charge in [0.2, 0.25) is 5.95 Å². The van der Waals surface area contributed by atoms with Crippen molar-refractivity contribution >= 4 is 228 Å². The van der Waals surface area contributed by atoms with Crippen molar-refractivity contribution in [2.24, 2.45) is 0 Å². The molecule has 0 N–H and O–H groups in total. The highest BCUT2D eigenvalue weighted by Crippen LogP contribution is 2.53. The smallest absolute Gasteiger partial charge is 0.237 e. The maximum Gasteiger partial charge on any atom is 0.237 e. The molecule has 27 rings (SSSR count). The summed E-state index contributed by atoms with van der Waals surface area (Å²) in [6, 6.07) is 113. The van der Waals surface area contributed by atoms with E-state index in [9.17, 15) is 0 Å². The van der Waals surface area contributed by atoms with Crippen molar-refractivity contribution in [3.8, 4) is 40.1 Å². The van der Waals surface area contributed by atoms with Crippen molar-refractivity contribution in [2.45, 2.75) is 0 Å². The van der Waals surface area contributed by atoms with Crippen LogP contribution in [-0.2, 0) is 0 Å². The van der Waals surface area contributed by atoms with E-state index in [1.165, 1.54) is 97.6 Å². The number of aromatic nitrogens is 9. The minimum Gasteiger partial charge on any atom is -0.450 e. The standard InChI is InChI=1S/C98H51N9OS/c1-2-22-55-47-58(38-37-52(55)19-1)95-99-88-72-49-57(42-46-82(72)109-94(88)97(101-95)104-76-34-16-10-28-66(76)83-80(104)51-69-63-43-39-53-20-3-5-23-59(53)89(63)106-77-35-17-11-29-67(77)85(83)91(69)106)56-41-45-78-71(48-56)86-84-65-27-9-15-33-75(65)103(79(84)50-70-64-44-40-54-21-4-6-24-60(54)90(64)107(78)92(70)86)96-93-87(68-30-12-18-36-81(68)108-93)100-98(102-96)105-73-31-13-7-25-61(73)62-26-8-14-32-74(62)105/h1-51H. The maximum atomic E-state index is 7.07. The van der Waals surface area contributed by atoms with Gasteiger partial charge in [0.15, 0.2) is 23.0 Å². The molecule has 0 unspecified atom stereocenters. The summed E-state index contributed by atoms with van der Waals surface area (Å²) in [6.07, 6.45) is 0. The lowest BCUT2D eigenvalue weighted by atomic mass is 9.98. The molecule has 500 valence electrons. The second-order valence-electron chi connectivity index (χ2n) is 29.5. The number of fused-ring (bicyclic) bond motifs is 34. The van der Waals surface area contributed by atoms with Crippen molar-refractivity contribution in [1.82, 2.24) is 42.4 Å². The van der Waals surface area contributed by atoms with E-state index in [0.717, 1.165) is 136 Å².